The molecule has 0 bridgehead atoms. The van der Waals surface area contributed by atoms with Crippen LogP contribution in [0.3, 0.4) is 0 Å². The quantitative estimate of drug-likeness (QED) is 0.720. The zero-order chi connectivity index (χ0) is 17.3. The van der Waals surface area contributed by atoms with E-state index in [1.807, 2.05) is 0 Å². The lowest BCUT2D eigenvalue weighted by Crippen LogP contribution is -2.34. The molecule has 126 valence electrons. The number of alkyl halides is 3. The van der Waals surface area contributed by atoms with Gasteiger partial charge in [0, 0.05) is 12.2 Å². The van der Waals surface area contributed by atoms with Crippen molar-refractivity contribution in [2.45, 2.75) is 45.4 Å². The lowest BCUT2D eigenvalue weighted by molar-refractivity contribution is -0.137. The number of likely N-dealkylation sites (tertiary alicyclic amines) is 1. The lowest BCUT2D eigenvalue weighted by atomic mass is 10.1. The maximum atomic E-state index is 12.6. The number of nitrogens with zero attached hydrogens (tertiary/aromatic N) is 1. The molecular formula is C17H20F3NO2. The molecule has 1 aromatic carbocycles. The van der Waals surface area contributed by atoms with Crippen LogP contribution in [0.25, 0.3) is 6.08 Å². The first-order chi connectivity index (χ1) is 10.6. The number of amides is 1. The molecule has 1 aliphatic rings. The predicted octanol–water partition coefficient (Wildman–Crippen LogP) is 5.08. The molecule has 0 spiro atoms. The fourth-order valence-electron chi connectivity index (χ4n) is 2.33. The van der Waals surface area contributed by atoms with Crippen LogP contribution in [-0.2, 0) is 10.9 Å². The lowest BCUT2D eigenvalue weighted by Gasteiger charge is -2.25. The number of benzene rings is 1. The Morgan fingerprint density at radius 2 is 1.78 bits per heavy atom. The molecule has 2 rings (SSSR count). The zero-order valence-corrected chi connectivity index (χ0v) is 13.4. The average molecular weight is 327 g/mol. The smallest absolute Gasteiger partial charge is 0.416 e. The van der Waals surface area contributed by atoms with Crippen molar-refractivity contribution in [3.05, 3.63) is 41.1 Å². The second kappa shape index (κ2) is 6.26. The van der Waals surface area contributed by atoms with Gasteiger partial charge in [-0.25, -0.2) is 4.79 Å². The maximum absolute atomic E-state index is 12.6. The van der Waals surface area contributed by atoms with Gasteiger partial charge in [-0.15, -0.1) is 0 Å². The van der Waals surface area contributed by atoms with Crippen LogP contribution in [0.2, 0.25) is 0 Å². The molecule has 1 fully saturated rings. The highest BCUT2D eigenvalue weighted by atomic mass is 19.4. The van der Waals surface area contributed by atoms with E-state index in [4.69, 9.17) is 4.74 Å². The van der Waals surface area contributed by atoms with E-state index in [1.54, 1.807) is 31.7 Å². The summed E-state index contributed by atoms with van der Waals surface area (Å²) in [6.45, 7) is 5.93. The van der Waals surface area contributed by atoms with Gasteiger partial charge in [-0.1, -0.05) is 12.1 Å². The summed E-state index contributed by atoms with van der Waals surface area (Å²) in [7, 11) is 0. The Balaban J connectivity index is 2.16. The first-order valence-electron chi connectivity index (χ1n) is 7.45. The van der Waals surface area contributed by atoms with Crippen molar-refractivity contribution in [3.63, 3.8) is 0 Å². The fourth-order valence-corrected chi connectivity index (χ4v) is 2.33. The zero-order valence-electron chi connectivity index (χ0n) is 13.4. The molecule has 23 heavy (non-hydrogen) atoms. The number of carbonyl (C=O) groups is 1. The number of halogens is 3. The van der Waals surface area contributed by atoms with Crippen LogP contribution in [0.1, 0.15) is 44.7 Å². The Morgan fingerprint density at radius 1 is 1.17 bits per heavy atom. The molecule has 1 aromatic rings. The van der Waals surface area contributed by atoms with Gasteiger partial charge in [-0.05, 0) is 57.4 Å². The largest absolute Gasteiger partial charge is 0.443 e. The highest BCUT2D eigenvalue weighted by Gasteiger charge is 2.30. The molecule has 6 heteroatoms. The molecule has 0 aliphatic carbocycles. The van der Waals surface area contributed by atoms with Gasteiger partial charge in [0.2, 0.25) is 0 Å². The van der Waals surface area contributed by atoms with Gasteiger partial charge < -0.3 is 4.74 Å². The Hall–Kier alpha value is -1.98. The van der Waals surface area contributed by atoms with E-state index in [9.17, 15) is 18.0 Å². The summed E-state index contributed by atoms with van der Waals surface area (Å²) in [5, 5.41) is 0. The van der Waals surface area contributed by atoms with Crippen LogP contribution < -0.4 is 0 Å². The van der Waals surface area contributed by atoms with Gasteiger partial charge in [0.1, 0.15) is 5.60 Å². The first kappa shape index (κ1) is 17.4. The maximum Gasteiger partial charge on any atom is 0.416 e. The van der Waals surface area contributed by atoms with Gasteiger partial charge in [0.25, 0.3) is 0 Å². The summed E-state index contributed by atoms with van der Waals surface area (Å²) in [4.78, 5) is 13.7. The first-order valence-corrected chi connectivity index (χ1v) is 7.45. The van der Waals surface area contributed by atoms with Crippen molar-refractivity contribution in [1.82, 2.24) is 4.90 Å². The van der Waals surface area contributed by atoms with Crippen molar-refractivity contribution in [3.8, 4) is 0 Å². The van der Waals surface area contributed by atoms with E-state index in [2.05, 4.69) is 0 Å². The SMILES string of the molecule is CC(C)(C)OC(=O)N1CCC/C1=C\c1ccc(C(F)(F)F)cc1. The number of hydrogen-bond donors (Lipinski definition) is 0. The highest BCUT2D eigenvalue weighted by Crippen LogP contribution is 2.30. The van der Waals surface area contributed by atoms with E-state index in [-0.39, 0.29) is 0 Å². The molecule has 3 nitrogen and oxygen atoms in total. The average Bonchev–Trinajstić information content (AvgIpc) is 2.84. The van der Waals surface area contributed by atoms with Crippen molar-refractivity contribution < 1.29 is 22.7 Å². The van der Waals surface area contributed by atoms with Crippen LogP contribution in [0.15, 0.2) is 30.0 Å². The molecule has 0 N–H and O–H groups in total. The minimum atomic E-state index is -4.35. The summed E-state index contributed by atoms with van der Waals surface area (Å²) in [6.07, 6.45) is -1.53. The molecule has 1 saturated heterocycles. The van der Waals surface area contributed by atoms with E-state index in [0.29, 0.717) is 18.5 Å². The number of allylic oxidation sites excluding steroid dienone is 1. The summed E-state index contributed by atoms with van der Waals surface area (Å²) in [6, 6.07) is 4.89. The standard InChI is InChI=1S/C17H20F3NO2/c1-16(2,3)23-15(22)21-10-4-5-14(21)11-12-6-8-13(9-7-12)17(18,19)20/h6-9,11H,4-5,10H2,1-3H3/b14-11+. The predicted molar refractivity (Wildman–Crippen MR) is 81.6 cm³/mol. The van der Waals surface area contributed by atoms with Crippen LogP contribution >= 0.6 is 0 Å². The molecule has 0 aromatic heterocycles. The topological polar surface area (TPSA) is 29.5 Å². The molecular weight excluding hydrogens is 307 g/mol. The number of ether oxygens (including phenoxy) is 1. The van der Waals surface area contributed by atoms with Gasteiger partial charge >= 0.3 is 12.3 Å². The third-order valence-electron chi connectivity index (χ3n) is 3.35. The van der Waals surface area contributed by atoms with Gasteiger partial charge in [0.05, 0.1) is 5.56 Å². The van der Waals surface area contributed by atoms with Crippen LogP contribution in [-0.4, -0.2) is 23.1 Å². The molecule has 0 saturated carbocycles. The number of rotatable bonds is 1. The minimum Gasteiger partial charge on any atom is -0.443 e. The third-order valence-corrected chi connectivity index (χ3v) is 3.35. The number of hydrogen-bond acceptors (Lipinski definition) is 2. The van der Waals surface area contributed by atoms with Gasteiger partial charge in [-0.3, -0.25) is 4.90 Å². The summed E-state index contributed by atoms with van der Waals surface area (Å²) in [5.41, 5.74) is 0.122. The summed E-state index contributed by atoms with van der Waals surface area (Å²) >= 11 is 0. The van der Waals surface area contributed by atoms with Crippen molar-refractivity contribution in [1.29, 1.82) is 0 Å². The normalized spacial score (nSPS) is 17.7. The second-order valence-corrected chi connectivity index (χ2v) is 6.49. The highest BCUT2D eigenvalue weighted by molar-refractivity contribution is 5.73. The van der Waals surface area contributed by atoms with E-state index in [1.165, 1.54) is 12.1 Å². The Kier molecular flexibility index (Phi) is 4.73. The van der Waals surface area contributed by atoms with Crippen molar-refractivity contribution >= 4 is 12.2 Å². The Labute approximate surface area is 133 Å². The molecule has 0 atom stereocenters. The van der Waals surface area contributed by atoms with Crippen molar-refractivity contribution in [2.75, 3.05) is 6.54 Å². The van der Waals surface area contributed by atoms with Crippen LogP contribution in [0.5, 0.6) is 0 Å². The van der Waals surface area contributed by atoms with E-state index < -0.39 is 23.4 Å². The van der Waals surface area contributed by atoms with E-state index in [0.717, 1.165) is 24.3 Å². The molecule has 0 unspecified atom stereocenters. The molecule has 0 radical (unpaired) electrons. The summed E-state index contributed by atoms with van der Waals surface area (Å²) < 4.78 is 43.0. The third kappa shape index (κ3) is 4.74. The van der Waals surface area contributed by atoms with Gasteiger partial charge in [0.15, 0.2) is 0 Å². The molecule has 1 amide bonds. The van der Waals surface area contributed by atoms with E-state index >= 15 is 0 Å². The van der Waals surface area contributed by atoms with Crippen LogP contribution in [0.4, 0.5) is 18.0 Å². The minimum absolute atomic E-state index is 0.423. The van der Waals surface area contributed by atoms with Gasteiger partial charge in [-0.2, -0.15) is 13.2 Å². The Bertz CT molecular complexity index is 598. The van der Waals surface area contributed by atoms with Crippen molar-refractivity contribution in [2.24, 2.45) is 0 Å². The molecule has 1 aliphatic heterocycles. The van der Waals surface area contributed by atoms with Crippen LogP contribution in [0, 0.1) is 0 Å². The summed E-state index contributed by atoms with van der Waals surface area (Å²) in [5.74, 6) is 0. The fraction of sp³-hybridized carbons (Fsp3) is 0.471. The Morgan fingerprint density at radius 3 is 2.30 bits per heavy atom. The molecule has 1 heterocycles. The second-order valence-electron chi connectivity index (χ2n) is 6.49. The number of carbonyl (C=O) groups excluding carboxylic acids is 1. The monoisotopic (exact) mass is 327 g/mol.